The van der Waals surface area contributed by atoms with E-state index in [2.05, 4.69) is 10.4 Å². The van der Waals surface area contributed by atoms with Crippen molar-refractivity contribution in [1.82, 2.24) is 9.78 Å². The molecule has 0 amide bonds. The molecule has 1 aromatic carbocycles. The summed E-state index contributed by atoms with van der Waals surface area (Å²) in [6.45, 7) is 1.98. The van der Waals surface area contributed by atoms with Gasteiger partial charge in [0, 0.05) is 23.9 Å². The lowest BCUT2D eigenvalue weighted by Gasteiger charge is -2.26. The second kappa shape index (κ2) is 4.89. The molecule has 0 bridgehead atoms. The maximum Gasteiger partial charge on any atom is 0.137 e. The molecule has 0 saturated heterocycles. The lowest BCUT2D eigenvalue weighted by molar-refractivity contribution is 0.585. The van der Waals surface area contributed by atoms with Crippen LogP contribution in [0.4, 0.5) is 10.1 Å². The zero-order valence-corrected chi connectivity index (χ0v) is 11.8. The molecule has 1 aromatic heterocycles. The lowest BCUT2D eigenvalue weighted by atomic mass is 10.0. The van der Waals surface area contributed by atoms with Crippen molar-refractivity contribution in [3.8, 4) is 0 Å². The molecule has 0 saturated carbocycles. The topological polar surface area (TPSA) is 29.9 Å². The lowest BCUT2D eigenvalue weighted by Crippen LogP contribution is -2.17. The van der Waals surface area contributed by atoms with E-state index in [9.17, 15) is 4.39 Å². The van der Waals surface area contributed by atoms with Crippen LogP contribution in [0.25, 0.3) is 0 Å². The number of halogens is 1. The van der Waals surface area contributed by atoms with Gasteiger partial charge in [0.1, 0.15) is 5.82 Å². The van der Waals surface area contributed by atoms with Gasteiger partial charge in [0.25, 0.3) is 0 Å². The monoisotopic (exact) mass is 277 g/mol. The van der Waals surface area contributed by atoms with Crippen LogP contribution in [0, 0.1) is 12.7 Å². The van der Waals surface area contributed by atoms with Crippen LogP contribution in [0.5, 0.6) is 0 Å². The summed E-state index contributed by atoms with van der Waals surface area (Å²) in [4.78, 5) is 0.785. The minimum atomic E-state index is -0.114. The van der Waals surface area contributed by atoms with Crippen LogP contribution in [0.1, 0.15) is 23.7 Å². The van der Waals surface area contributed by atoms with E-state index >= 15 is 0 Å². The van der Waals surface area contributed by atoms with Gasteiger partial charge in [-0.25, -0.2) is 4.39 Å². The van der Waals surface area contributed by atoms with Crippen molar-refractivity contribution in [2.75, 3.05) is 11.1 Å². The largest absolute Gasteiger partial charge is 0.375 e. The molecule has 2 aromatic rings. The average Bonchev–Trinajstić information content (AvgIpc) is 2.69. The van der Waals surface area contributed by atoms with Crippen molar-refractivity contribution >= 4 is 17.4 Å². The third-order valence-corrected chi connectivity index (χ3v) is 4.53. The molecular weight excluding hydrogens is 261 g/mol. The van der Waals surface area contributed by atoms with Crippen molar-refractivity contribution < 1.29 is 4.39 Å². The second-order valence-corrected chi connectivity index (χ2v) is 5.90. The van der Waals surface area contributed by atoms with Crippen molar-refractivity contribution in [1.29, 1.82) is 0 Å². The Morgan fingerprint density at radius 2 is 2.32 bits per heavy atom. The van der Waals surface area contributed by atoms with Gasteiger partial charge in [0.05, 0.1) is 17.4 Å². The van der Waals surface area contributed by atoms with Gasteiger partial charge in [-0.3, -0.25) is 4.68 Å². The van der Waals surface area contributed by atoms with Crippen LogP contribution in [0.15, 0.2) is 29.3 Å². The summed E-state index contributed by atoms with van der Waals surface area (Å²) < 4.78 is 15.6. The highest BCUT2D eigenvalue weighted by atomic mass is 32.2. The molecule has 1 atom stereocenters. The predicted molar refractivity (Wildman–Crippen MR) is 76.0 cm³/mol. The second-order valence-electron chi connectivity index (χ2n) is 4.79. The Morgan fingerprint density at radius 1 is 1.47 bits per heavy atom. The number of aromatic nitrogens is 2. The summed E-state index contributed by atoms with van der Waals surface area (Å²) in [5.74, 6) is 0.821. The predicted octanol–water partition coefficient (Wildman–Crippen LogP) is 3.52. The highest BCUT2D eigenvalue weighted by molar-refractivity contribution is 7.99. The zero-order valence-electron chi connectivity index (χ0n) is 11.0. The average molecular weight is 277 g/mol. The van der Waals surface area contributed by atoms with Crippen LogP contribution in [0.3, 0.4) is 0 Å². The molecule has 0 aliphatic carbocycles. The number of hydrogen-bond acceptors (Lipinski definition) is 3. The van der Waals surface area contributed by atoms with E-state index in [4.69, 9.17) is 0 Å². The quantitative estimate of drug-likeness (QED) is 0.911. The van der Waals surface area contributed by atoms with Gasteiger partial charge in [-0.1, -0.05) is 12.1 Å². The SMILES string of the molecule is Cc1nn(C)cc1NC1CCSc2c(F)cccc21. The molecule has 100 valence electrons. The van der Waals surface area contributed by atoms with Crippen LogP contribution in [0.2, 0.25) is 0 Å². The van der Waals surface area contributed by atoms with E-state index in [-0.39, 0.29) is 11.9 Å². The van der Waals surface area contributed by atoms with Crippen LogP contribution >= 0.6 is 11.8 Å². The molecule has 2 heterocycles. The van der Waals surface area contributed by atoms with Crippen LogP contribution < -0.4 is 5.32 Å². The van der Waals surface area contributed by atoms with Gasteiger partial charge in [0.15, 0.2) is 0 Å². The van der Waals surface area contributed by atoms with E-state index in [1.807, 2.05) is 26.2 Å². The Hall–Kier alpha value is -1.49. The van der Waals surface area contributed by atoms with Crippen molar-refractivity contribution in [3.05, 3.63) is 41.5 Å². The molecule has 0 fully saturated rings. The number of benzene rings is 1. The summed E-state index contributed by atoms with van der Waals surface area (Å²) in [7, 11) is 1.91. The molecule has 1 unspecified atom stereocenters. The first-order chi connectivity index (χ1) is 9.15. The van der Waals surface area contributed by atoms with Gasteiger partial charge in [-0.05, 0) is 25.0 Å². The van der Waals surface area contributed by atoms with E-state index < -0.39 is 0 Å². The highest BCUT2D eigenvalue weighted by Gasteiger charge is 2.23. The molecule has 5 heteroatoms. The van der Waals surface area contributed by atoms with E-state index in [0.717, 1.165) is 34.0 Å². The number of rotatable bonds is 2. The maximum atomic E-state index is 13.8. The Labute approximate surface area is 116 Å². The summed E-state index contributed by atoms with van der Waals surface area (Å²) in [5.41, 5.74) is 3.05. The van der Waals surface area contributed by atoms with Crippen LogP contribution in [-0.2, 0) is 7.05 Å². The number of nitrogens with zero attached hydrogens (tertiary/aromatic N) is 2. The zero-order chi connectivity index (χ0) is 13.4. The first-order valence-corrected chi connectivity index (χ1v) is 7.31. The fraction of sp³-hybridized carbons (Fsp3) is 0.357. The third kappa shape index (κ3) is 2.34. The molecule has 3 nitrogen and oxygen atoms in total. The van der Waals surface area contributed by atoms with Gasteiger partial charge < -0.3 is 5.32 Å². The van der Waals surface area contributed by atoms with E-state index in [0.29, 0.717) is 0 Å². The Morgan fingerprint density at radius 3 is 3.05 bits per heavy atom. The molecule has 3 rings (SSSR count). The number of thioether (sulfide) groups is 1. The summed E-state index contributed by atoms with van der Waals surface area (Å²) in [6, 6.07) is 5.48. The fourth-order valence-electron chi connectivity index (χ4n) is 2.47. The molecular formula is C14H16FN3S. The smallest absolute Gasteiger partial charge is 0.137 e. The fourth-order valence-corrected chi connectivity index (χ4v) is 3.61. The Bertz CT molecular complexity index is 609. The third-order valence-electron chi connectivity index (χ3n) is 3.37. The number of fused-ring (bicyclic) bond motifs is 1. The van der Waals surface area contributed by atoms with Gasteiger partial charge in [-0.2, -0.15) is 5.10 Å². The number of anilines is 1. The van der Waals surface area contributed by atoms with Crippen molar-refractivity contribution in [2.45, 2.75) is 24.3 Å². The first-order valence-electron chi connectivity index (χ1n) is 6.33. The van der Waals surface area contributed by atoms with Crippen LogP contribution in [-0.4, -0.2) is 15.5 Å². The molecule has 1 aliphatic heterocycles. The molecule has 0 radical (unpaired) electrons. The first kappa shape index (κ1) is 12.5. The molecule has 19 heavy (non-hydrogen) atoms. The Balaban J connectivity index is 1.92. The molecule has 1 aliphatic rings. The summed E-state index contributed by atoms with van der Waals surface area (Å²) in [5, 5.41) is 7.82. The highest BCUT2D eigenvalue weighted by Crippen LogP contribution is 2.39. The number of aryl methyl sites for hydroxylation is 2. The maximum absolute atomic E-state index is 13.8. The van der Waals surface area contributed by atoms with Gasteiger partial charge >= 0.3 is 0 Å². The summed E-state index contributed by atoms with van der Waals surface area (Å²) in [6.07, 6.45) is 2.96. The van der Waals surface area contributed by atoms with Crippen molar-refractivity contribution in [3.63, 3.8) is 0 Å². The van der Waals surface area contributed by atoms with E-state index in [1.165, 1.54) is 6.07 Å². The Kier molecular flexibility index (Phi) is 3.22. The van der Waals surface area contributed by atoms with E-state index in [1.54, 1.807) is 22.5 Å². The minimum absolute atomic E-state index is 0.114. The van der Waals surface area contributed by atoms with Gasteiger partial charge in [-0.15, -0.1) is 11.8 Å². The molecule has 1 N–H and O–H groups in total. The number of hydrogen-bond donors (Lipinski definition) is 1. The van der Waals surface area contributed by atoms with Crippen molar-refractivity contribution in [2.24, 2.45) is 7.05 Å². The van der Waals surface area contributed by atoms with Gasteiger partial charge in [0.2, 0.25) is 0 Å². The normalized spacial score (nSPS) is 18.2. The molecule has 0 spiro atoms. The minimum Gasteiger partial charge on any atom is -0.375 e. The number of nitrogens with one attached hydrogen (secondary N) is 1. The standard InChI is InChI=1S/C14H16FN3S/c1-9-13(8-18(2)17-9)16-12-6-7-19-14-10(12)4-3-5-11(14)15/h3-5,8,12,16H,6-7H2,1-2H3. The summed E-state index contributed by atoms with van der Waals surface area (Å²) >= 11 is 1.60.